The fraction of sp³-hybridized carbons (Fsp3) is 0.462. The molecule has 2 atom stereocenters. The Morgan fingerprint density at radius 1 is 1.41 bits per heavy atom. The highest BCUT2D eigenvalue weighted by molar-refractivity contribution is 7.99. The Balaban J connectivity index is 2.00. The summed E-state index contributed by atoms with van der Waals surface area (Å²) in [6.07, 6.45) is 0. The van der Waals surface area contributed by atoms with Gasteiger partial charge in [0.1, 0.15) is 0 Å². The molecule has 2 rings (SSSR count). The van der Waals surface area contributed by atoms with E-state index < -0.39 is 0 Å². The van der Waals surface area contributed by atoms with Crippen molar-refractivity contribution in [3.05, 3.63) is 29.8 Å². The fourth-order valence-corrected chi connectivity index (χ4v) is 3.05. The van der Waals surface area contributed by atoms with Crippen molar-refractivity contribution in [3.8, 4) is 0 Å². The summed E-state index contributed by atoms with van der Waals surface area (Å²) in [7, 11) is 0. The molecule has 3 nitrogen and oxygen atoms in total. The van der Waals surface area contributed by atoms with Gasteiger partial charge in [0.25, 0.3) is 0 Å². The van der Waals surface area contributed by atoms with Crippen molar-refractivity contribution in [1.82, 2.24) is 5.32 Å². The molecule has 2 N–H and O–H groups in total. The number of hydrogen-bond acceptors (Lipinski definition) is 3. The zero-order chi connectivity index (χ0) is 12.3. The minimum absolute atomic E-state index is 0.0308. The lowest BCUT2D eigenvalue weighted by atomic mass is 10.1. The summed E-state index contributed by atoms with van der Waals surface area (Å²) in [6, 6.07) is 8.06. The number of anilines is 1. The molecule has 1 saturated heterocycles. The molecule has 0 spiro atoms. The third kappa shape index (κ3) is 3.48. The van der Waals surface area contributed by atoms with Gasteiger partial charge in [-0.25, -0.2) is 0 Å². The van der Waals surface area contributed by atoms with Gasteiger partial charge in [-0.2, -0.15) is 0 Å². The number of hydrogen-bond donors (Lipinski definition) is 2. The predicted octanol–water partition coefficient (Wildman–Crippen LogP) is 2.62. The van der Waals surface area contributed by atoms with Crippen molar-refractivity contribution < 1.29 is 4.79 Å². The van der Waals surface area contributed by atoms with Crippen molar-refractivity contribution in [2.24, 2.45) is 5.92 Å². The molecule has 1 aliphatic rings. The summed E-state index contributed by atoms with van der Waals surface area (Å²) in [5.74, 6) is 1.91. The smallest absolute Gasteiger partial charge is 0.221 e. The summed E-state index contributed by atoms with van der Waals surface area (Å²) >= 11 is 1.95. The van der Waals surface area contributed by atoms with Crippen molar-refractivity contribution in [2.75, 3.05) is 17.6 Å². The zero-order valence-corrected chi connectivity index (χ0v) is 11.0. The molecule has 2 unspecified atom stereocenters. The molecule has 1 aliphatic heterocycles. The van der Waals surface area contributed by atoms with Gasteiger partial charge in [0, 0.05) is 12.6 Å². The Kier molecular flexibility index (Phi) is 4.07. The first kappa shape index (κ1) is 12.5. The number of carbonyl (C=O) groups is 1. The second-order valence-corrected chi connectivity index (χ2v) is 5.67. The van der Waals surface area contributed by atoms with Crippen LogP contribution in [0.2, 0.25) is 0 Å². The van der Waals surface area contributed by atoms with Crippen LogP contribution in [0.15, 0.2) is 24.3 Å². The van der Waals surface area contributed by atoms with Crippen LogP contribution in [0.4, 0.5) is 5.69 Å². The van der Waals surface area contributed by atoms with Gasteiger partial charge in [0.05, 0.1) is 5.37 Å². The highest BCUT2D eigenvalue weighted by Crippen LogP contribution is 2.31. The van der Waals surface area contributed by atoms with E-state index in [-0.39, 0.29) is 5.91 Å². The molecule has 1 aromatic carbocycles. The number of nitrogens with one attached hydrogen (secondary N) is 2. The van der Waals surface area contributed by atoms with E-state index in [2.05, 4.69) is 29.7 Å². The summed E-state index contributed by atoms with van der Waals surface area (Å²) < 4.78 is 0. The summed E-state index contributed by atoms with van der Waals surface area (Å²) in [5.41, 5.74) is 2.13. The van der Waals surface area contributed by atoms with E-state index in [1.54, 1.807) is 0 Å². The van der Waals surface area contributed by atoms with E-state index in [1.165, 1.54) is 18.2 Å². The Morgan fingerprint density at radius 3 is 2.65 bits per heavy atom. The van der Waals surface area contributed by atoms with Crippen LogP contribution in [-0.2, 0) is 4.79 Å². The number of amides is 1. The normalized spacial score (nSPS) is 24.4. The van der Waals surface area contributed by atoms with Gasteiger partial charge in [0.2, 0.25) is 5.91 Å². The molecule has 0 bridgehead atoms. The molecule has 1 fully saturated rings. The Morgan fingerprint density at radius 2 is 2.12 bits per heavy atom. The molecule has 4 heteroatoms. The van der Waals surface area contributed by atoms with Crippen molar-refractivity contribution in [2.45, 2.75) is 19.2 Å². The van der Waals surface area contributed by atoms with Crippen LogP contribution in [0.1, 0.15) is 24.8 Å². The summed E-state index contributed by atoms with van der Waals surface area (Å²) in [4.78, 5) is 10.9. The van der Waals surface area contributed by atoms with Crippen LogP contribution in [-0.4, -0.2) is 18.2 Å². The molecule has 1 aromatic rings. The van der Waals surface area contributed by atoms with Crippen LogP contribution in [0.3, 0.4) is 0 Å². The lowest BCUT2D eigenvalue weighted by Gasteiger charge is -2.27. The van der Waals surface area contributed by atoms with Crippen molar-refractivity contribution in [1.29, 1.82) is 0 Å². The van der Waals surface area contributed by atoms with Crippen LogP contribution in [0, 0.1) is 5.92 Å². The molecule has 0 saturated carbocycles. The molecule has 1 heterocycles. The molecular weight excluding hydrogens is 232 g/mol. The quantitative estimate of drug-likeness (QED) is 0.847. The van der Waals surface area contributed by atoms with Gasteiger partial charge in [0.15, 0.2) is 0 Å². The molecular formula is C13H18N2OS. The second-order valence-electron chi connectivity index (χ2n) is 4.53. The highest BCUT2D eigenvalue weighted by Gasteiger charge is 2.19. The van der Waals surface area contributed by atoms with E-state index in [4.69, 9.17) is 0 Å². The predicted molar refractivity (Wildman–Crippen MR) is 73.1 cm³/mol. The maximum absolute atomic E-state index is 10.9. The van der Waals surface area contributed by atoms with E-state index in [9.17, 15) is 4.79 Å². The lowest BCUT2D eigenvalue weighted by molar-refractivity contribution is -0.114. The highest BCUT2D eigenvalue weighted by atomic mass is 32.2. The number of rotatable bonds is 2. The lowest BCUT2D eigenvalue weighted by Crippen LogP contribution is -2.31. The maximum atomic E-state index is 10.9. The van der Waals surface area contributed by atoms with E-state index >= 15 is 0 Å². The minimum Gasteiger partial charge on any atom is -0.326 e. The van der Waals surface area contributed by atoms with Gasteiger partial charge in [-0.1, -0.05) is 19.1 Å². The van der Waals surface area contributed by atoms with Crippen LogP contribution >= 0.6 is 11.8 Å². The average Bonchev–Trinajstić information content (AvgIpc) is 2.30. The minimum atomic E-state index is -0.0308. The van der Waals surface area contributed by atoms with Gasteiger partial charge < -0.3 is 10.6 Å². The monoisotopic (exact) mass is 250 g/mol. The third-order valence-corrected chi connectivity index (χ3v) is 4.27. The van der Waals surface area contributed by atoms with E-state index in [0.717, 1.165) is 18.2 Å². The summed E-state index contributed by atoms with van der Waals surface area (Å²) in [6.45, 7) is 4.86. The van der Waals surface area contributed by atoms with Gasteiger partial charge >= 0.3 is 0 Å². The largest absolute Gasteiger partial charge is 0.326 e. The first-order valence-corrected chi connectivity index (χ1v) is 6.92. The zero-order valence-electron chi connectivity index (χ0n) is 10.2. The van der Waals surface area contributed by atoms with Crippen LogP contribution < -0.4 is 10.6 Å². The SMILES string of the molecule is CC(=O)Nc1ccc(C2NCC(C)CS2)cc1. The third-order valence-electron chi connectivity index (χ3n) is 2.73. The maximum Gasteiger partial charge on any atom is 0.221 e. The molecule has 92 valence electrons. The fourth-order valence-electron chi connectivity index (χ4n) is 1.85. The molecule has 0 radical (unpaired) electrons. The Hall–Kier alpha value is -1.00. The average molecular weight is 250 g/mol. The topological polar surface area (TPSA) is 41.1 Å². The standard InChI is InChI=1S/C13H18N2OS/c1-9-7-14-13(17-8-9)11-3-5-12(6-4-11)15-10(2)16/h3-6,9,13-14H,7-8H2,1-2H3,(H,15,16). The van der Waals surface area contributed by atoms with Crippen molar-refractivity contribution >= 4 is 23.4 Å². The van der Waals surface area contributed by atoms with Gasteiger partial charge in [-0.15, -0.1) is 11.8 Å². The number of thioether (sulfide) groups is 1. The van der Waals surface area contributed by atoms with Crippen molar-refractivity contribution in [3.63, 3.8) is 0 Å². The van der Waals surface area contributed by atoms with E-state index in [1.807, 2.05) is 23.9 Å². The Bertz CT molecular complexity index is 383. The van der Waals surface area contributed by atoms with Crippen LogP contribution in [0.25, 0.3) is 0 Å². The number of carbonyl (C=O) groups excluding carboxylic acids is 1. The van der Waals surface area contributed by atoms with Gasteiger partial charge in [-0.3, -0.25) is 4.79 Å². The Labute approximate surface area is 106 Å². The molecule has 0 aliphatic carbocycles. The molecule has 1 amide bonds. The van der Waals surface area contributed by atoms with E-state index in [0.29, 0.717) is 5.37 Å². The second kappa shape index (κ2) is 5.56. The molecule has 0 aromatic heterocycles. The first-order chi connectivity index (χ1) is 8.15. The molecule has 17 heavy (non-hydrogen) atoms. The first-order valence-electron chi connectivity index (χ1n) is 5.87. The summed E-state index contributed by atoms with van der Waals surface area (Å²) in [5, 5.41) is 6.68. The van der Waals surface area contributed by atoms with Crippen LogP contribution in [0.5, 0.6) is 0 Å². The van der Waals surface area contributed by atoms with Gasteiger partial charge in [-0.05, 0) is 35.9 Å². The number of benzene rings is 1.